The lowest BCUT2D eigenvalue weighted by atomic mass is 10.1. The number of nitrogens with zero attached hydrogens (tertiary/aromatic N) is 4. The van der Waals surface area contributed by atoms with Crippen LogP contribution < -0.4 is 5.73 Å². The van der Waals surface area contributed by atoms with Crippen LogP contribution in [0.3, 0.4) is 0 Å². The van der Waals surface area contributed by atoms with Crippen LogP contribution in [0.15, 0.2) is 34.3 Å². The van der Waals surface area contributed by atoms with Crippen molar-refractivity contribution >= 4 is 51.7 Å². The Kier molecular flexibility index (Phi) is 3.71. The van der Waals surface area contributed by atoms with Gasteiger partial charge in [0.25, 0.3) is 0 Å². The molecule has 3 N–H and O–H groups in total. The van der Waals surface area contributed by atoms with Gasteiger partial charge in [-0.05, 0) is 18.2 Å². The van der Waals surface area contributed by atoms with Crippen LogP contribution in [0.1, 0.15) is 15.4 Å². The fourth-order valence-electron chi connectivity index (χ4n) is 2.48. The molecule has 3 heterocycles. The fraction of sp³-hybridized carbons (Fsp3) is 0. The van der Waals surface area contributed by atoms with Crippen molar-refractivity contribution in [3.8, 4) is 11.5 Å². The Bertz CT molecular complexity index is 1180. The van der Waals surface area contributed by atoms with Crippen LogP contribution in [0.25, 0.3) is 22.4 Å². The Morgan fingerprint density at radius 1 is 1.31 bits per heavy atom. The van der Waals surface area contributed by atoms with Crippen molar-refractivity contribution in [3.05, 3.63) is 45.4 Å². The first-order valence-corrected chi connectivity index (χ1v) is 8.33. The number of halogens is 1. The van der Waals surface area contributed by atoms with Crippen LogP contribution in [0.2, 0.25) is 5.02 Å². The minimum absolute atomic E-state index is 0.111. The van der Waals surface area contributed by atoms with Crippen LogP contribution in [-0.2, 0) is 0 Å². The van der Waals surface area contributed by atoms with Crippen molar-refractivity contribution in [1.29, 1.82) is 0 Å². The molecule has 11 heteroatoms. The maximum absolute atomic E-state index is 12.9. The number of carbonyl (C=O) groups is 2. The SMILES string of the molecule is Nc1nc(-c2csc(C(=O)c3cn(C(=O)O)c4ccc(Cl)cc34)n2)no1. The van der Waals surface area contributed by atoms with E-state index in [1.165, 1.54) is 18.3 Å². The number of fused-ring (bicyclic) bond motifs is 1. The van der Waals surface area contributed by atoms with Crippen molar-refractivity contribution < 1.29 is 19.2 Å². The Morgan fingerprint density at radius 2 is 2.12 bits per heavy atom. The first-order chi connectivity index (χ1) is 12.4. The third kappa shape index (κ3) is 2.61. The smallest absolute Gasteiger partial charge is 0.416 e. The van der Waals surface area contributed by atoms with Crippen LogP contribution >= 0.6 is 22.9 Å². The van der Waals surface area contributed by atoms with Crippen molar-refractivity contribution in [2.45, 2.75) is 0 Å². The zero-order valence-corrected chi connectivity index (χ0v) is 14.3. The Morgan fingerprint density at radius 3 is 2.81 bits per heavy atom. The number of nitrogen functional groups attached to an aromatic ring is 1. The number of anilines is 1. The normalized spacial score (nSPS) is 11.1. The molecule has 1 aromatic carbocycles. The van der Waals surface area contributed by atoms with Gasteiger partial charge in [0.15, 0.2) is 5.01 Å². The highest BCUT2D eigenvalue weighted by Gasteiger charge is 2.22. The molecular weight excluding hydrogens is 382 g/mol. The van der Waals surface area contributed by atoms with Gasteiger partial charge in [-0.2, -0.15) is 4.98 Å². The van der Waals surface area contributed by atoms with E-state index < -0.39 is 11.9 Å². The molecule has 0 unspecified atom stereocenters. The number of carboxylic acid groups (broad SMARTS) is 1. The molecule has 130 valence electrons. The summed E-state index contributed by atoms with van der Waals surface area (Å²) in [7, 11) is 0. The third-order valence-corrected chi connectivity index (χ3v) is 4.66. The summed E-state index contributed by atoms with van der Waals surface area (Å²) < 4.78 is 5.65. The third-order valence-electron chi connectivity index (χ3n) is 3.59. The monoisotopic (exact) mass is 389 g/mol. The lowest BCUT2D eigenvalue weighted by Crippen LogP contribution is -2.06. The van der Waals surface area contributed by atoms with E-state index in [0.717, 1.165) is 15.9 Å². The lowest BCUT2D eigenvalue weighted by Gasteiger charge is -1.97. The molecule has 0 aliphatic carbocycles. The largest absolute Gasteiger partial charge is 0.464 e. The second-order valence-electron chi connectivity index (χ2n) is 5.18. The molecule has 0 bridgehead atoms. The summed E-state index contributed by atoms with van der Waals surface area (Å²) in [5.74, 6) is -0.279. The molecule has 9 nitrogen and oxygen atoms in total. The molecule has 4 aromatic rings. The molecule has 0 spiro atoms. The summed E-state index contributed by atoms with van der Waals surface area (Å²) in [4.78, 5) is 32.3. The van der Waals surface area contributed by atoms with Crippen molar-refractivity contribution in [3.63, 3.8) is 0 Å². The van der Waals surface area contributed by atoms with Gasteiger partial charge in [-0.25, -0.2) is 9.78 Å². The summed E-state index contributed by atoms with van der Waals surface area (Å²) in [5.41, 5.74) is 6.24. The van der Waals surface area contributed by atoms with Gasteiger partial charge in [0.05, 0.1) is 11.1 Å². The van der Waals surface area contributed by atoms with Gasteiger partial charge in [-0.1, -0.05) is 16.8 Å². The number of thiazole rings is 1. The molecule has 0 amide bonds. The molecule has 3 aromatic heterocycles. The first kappa shape index (κ1) is 16.2. The van der Waals surface area contributed by atoms with Gasteiger partial charge in [0.2, 0.25) is 11.6 Å². The van der Waals surface area contributed by atoms with Gasteiger partial charge in [-0.15, -0.1) is 11.3 Å². The Labute approximate surface area is 153 Å². The van der Waals surface area contributed by atoms with Crippen molar-refractivity contribution in [1.82, 2.24) is 19.7 Å². The minimum atomic E-state index is -1.21. The minimum Gasteiger partial charge on any atom is -0.464 e. The number of carbonyl (C=O) groups excluding carboxylic acids is 1. The highest BCUT2D eigenvalue weighted by Crippen LogP contribution is 2.29. The summed E-state index contributed by atoms with van der Waals surface area (Å²) in [6, 6.07) is 4.52. The van der Waals surface area contributed by atoms with Crippen LogP contribution in [0, 0.1) is 0 Å². The second-order valence-corrected chi connectivity index (χ2v) is 6.47. The number of hydrogen-bond donors (Lipinski definition) is 2. The quantitative estimate of drug-likeness (QED) is 0.509. The molecule has 26 heavy (non-hydrogen) atoms. The number of aromatic nitrogens is 4. The Hall–Kier alpha value is -3.24. The molecular formula is C15H8ClN5O4S. The van der Waals surface area contributed by atoms with E-state index in [2.05, 4.69) is 19.6 Å². The number of nitrogens with two attached hydrogens (primary N) is 1. The summed E-state index contributed by atoms with van der Waals surface area (Å²) >= 11 is 7.07. The molecule has 0 aliphatic rings. The summed E-state index contributed by atoms with van der Waals surface area (Å²) in [6.07, 6.45) is 0.0393. The fourth-order valence-corrected chi connectivity index (χ4v) is 3.40. The average molecular weight is 390 g/mol. The molecule has 0 saturated carbocycles. The second kappa shape index (κ2) is 5.93. The average Bonchev–Trinajstić information content (AvgIpc) is 3.31. The zero-order chi connectivity index (χ0) is 18.4. The van der Waals surface area contributed by atoms with Crippen molar-refractivity contribution in [2.75, 3.05) is 5.73 Å². The Balaban J connectivity index is 1.80. The van der Waals surface area contributed by atoms with Gasteiger partial charge in [0.1, 0.15) is 5.69 Å². The van der Waals surface area contributed by atoms with Gasteiger partial charge >= 0.3 is 12.1 Å². The maximum Gasteiger partial charge on any atom is 0.416 e. The summed E-state index contributed by atoms with van der Waals surface area (Å²) in [6.45, 7) is 0. The van der Waals surface area contributed by atoms with E-state index in [-0.39, 0.29) is 22.4 Å². The van der Waals surface area contributed by atoms with E-state index in [0.29, 0.717) is 21.6 Å². The van der Waals surface area contributed by atoms with Gasteiger partial charge in [-0.3, -0.25) is 9.36 Å². The molecule has 0 fully saturated rings. The number of ketones is 1. The predicted octanol–water partition coefficient (Wildman–Crippen LogP) is 3.14. The van der Waals surface area contributed by atoms with E-state index in [4.69, 9.17) is 17.3 Å². The van der Waals surface area contributed by atoms with Gasteiger partial charge in [0, 0.05) is 22.0 Å². The maximum atomic E-state index is 12.9. The molecule has 0 radical (unpaired) electrons. The van der Waals surface area contributed by atoms with E-state index in [1.54, 1.807) is 11.4 Å². The zero-order valence-electron chi connectivity index (χ0n) is 12.7. The van der Waals surface area contributed by atoms with Crippen LogP contribution in [0.4, 0.5) is 10.8 Å². The number of hydrogen-bond acceptors (Lipinski definition) is 8. The number of benzene rings is 1. The summed E-state index contributed by atoms with van der Waals surface area (Å²) in [5, 5.41) is 15.5. The molecule has 0 atom stereocenters. The van der Waals surface area contributed by atoms with Crippen molar-refractivity contribution in [2.24, 2.45) is 0 Å². The van der Waals surface area contributed by atoms with E-state index in [1.807, 2.05) is 0 Å². The van der Waals surface area contributed by atoms with E-state index >= 15 is 0 Å². The lowest BCUT2D eigenvalue weighted by molar-refractivity contribution is 0.104. The van der Waals surface area contributed by atoms with Crippen LogP contribution in [-0.4, -0.2) is 36.7 Å². The van der Waals surface area contributed by atoms with Gasteiger partial charge < -0.3 is 15.4 Å². The van der Waals surface area contributed by atoms with Crippen LogP contribution in [0.5, 0.6) is 0 Å². The van der Waals surface area contributed by atoms with E-state index in [9.17, 15) is 14.7 Å². The topological polar surface area (TPSA) is 137 Å². The molecule has 4 rings (SSSR count). The predicted molar refractivity (Wildman–Crippen MR) is 93.6 cm³/mol. The highest BCUT2D eigenvalue weighted by atomic mass is 35.5. The first-order valence-electron chi connectivity index (χ1n) is 7.07. The number of rotatable bonds is 3. The standard InChI is InChI=1S/C15H8ClN5O4S/c16-6-1-2-10-7(3-6)8(4-21(10)15(23)24)11(22)13-18-9(5-26-13)12-19-14(17)25-20-12/h1-5H,(H,23,24)(H2,17,19,20). The highest BCUT2D eigenvalue weighted by molar-refractivity contribution is 7.12. The molecule has 0 aliphatic heterocycles. The molecule has 0 saturated heterocycles.